The van der Waals surface area contributed by atoms with Crippen molar-refractivity contribution in [3.8, 4) is 5.75 Å². The Hall–Kier alpha value is -2.01. The molecule has 1 N–H and O–H groups in total. The molecular formula is C21H29N3O2. The molecular weight excluding hydrogens is 326 g/mol. The van der Waals surface area contributed by atoms with Gasteiger partial charge in [0.25, 0.3) is 0 Å². The number of amides is 1. The maximum absolute atomic E-state index is 12.5. The summed E-state index contributed by atoms with van der Waals surface area (Å²) < 4.78 is 7.28. The van der Waals surface area contributed by atoms with E-state index in [2.05, 4.69) is 10.2 Å². The third kappa shape index (κ3) is 3.58. The van der Waals surface area contributed by atoms with Crippen molar-refractivity contribution in [3.05, 3.63) is 30.5 Å². The van der Waals surface area contributed by atoms with Gasteiger partial charge in [0.2, 0.25) is 5.91 Å². The van der Waals surface area contributed by atoms with E-state index in [4.69, 9.17) is 4.74 Å². The Balaban J connectivity index is 1.35. The molecule has 1 aromatic carbocycles. The van der Waals surface area contributed by atoms with E-state index in [1.54, 1.807) is 7.11 Å². The third-order valence-corrected chi connectivity index (χ3v) is 6.08. The zero-order valence-corrected chi connectivity index (χ0v) is 15.6. The highest BCUT2D eigenvalue weighted by atomic mass is 16.5. The van der Waals surface area contributed by atoms with Crippen molar-refractivity contribution >= 4 is 16.8 Å². The number of piperidine rings is 2. The summed E-state index contributed by atoms with van der Waals surface area (Å²) in [6.45, 7) is 3.67. The molecule has 4 rings (SSSR count). The fraction of sp³-hybridized carbons (Fsp3) is 0.571. The van der Waals surface area contributed by atoms with E-state index in [0.717, 1.165) is 23.2 Å². The van der Waals surface area contributed by atoms with E-state index in [0.29, 0.717) is 18.5 Å². The quantitative estimate of drug-likeness (QED) is 0.897. The van der Waals surface area contributed by atoms with E-state index < -0.39 is 0 Å². The molecule has 2 fully saturated rings. The minimum Gasteiger partial charge on any atom is -0.497 e. The van der Waals surface area contributed by atoms with Gasteiger partial charge in [-0.2, -0.15) is 0 Å². The van der Waals surface area contributed by atoms with Gasteiger partial charge in [0, 0.05) is 29.7 Å². The first-order valence-corrected chi connectivity index (χ1v) is 9.88. The SMILES string of the molecule is COc1ccc2c(ccn2CC(=O)NC[C@@H]2CCCN3CCCC[C@H]23)c1. The molecule has 0 bridgehead atoms. The lowest BCUT2D eigenvalue weighted by atomic mass is 9.83. The van der Waals surface area contributed by atoms with Gasteiger partial charge in [-0.25, -0.2) is 0 Å². The molecule has 140 valence electrons. The number of methoxy groups -OCH3 is 1. The highest BCUT2D eigenvalue weighted by molar-refractivity contribution is 5.84. The van der Waals surface area contributed by atoms with Crippen molar-refractivity contribution < 1.29 is 9.53 Å². The Morgan fingerprint density at radius 2 is 2.08 bits per heavy atom. The van der Waals surface area contributed by atoms with Gasteiger partial charge in [-0.05, 0) is 69.0 Å². The molecule has 26 heavy (non-hydrogen) atoms. The topological polar surface area (TPSA) is 46.5 Å². The molecule has 2 atom stereocenters. The second-order valence-electron chi connectivity index (χ2n) is 7.67. The van der Waals surface area contributed by atoms with Gasteiger partial charge in [0.15, 0.2) is 0 Å². The van der Waals surface area contributed by atoms with Crippen molar-refractivity contribution in [2.24, 2.45) is 5.92 Å². The van der Waals surface area contributed by atoms with Crippen LogP contribution in [0.5, 0.6) is 5.75 Å². The van der Waals surface area contributed by atoms with Gasteiger partial charge in [-0.1, -0.05) is 6.42 Å². The van der Waals surface area contributed by atoms with Crippen LogP contribution in [0.3, 0.4) is 0 Å². The fourth-order valence-corrected chi connectivity index (χ4v) is 4.71. The predicted octanol–water partition coefficient (Wildman–Crippen LogP) is 3.03. The van der Waals surface area contributed by atoms with Crippen LogP contribution in [0.15, 0.2) is 30.5 Å². The molecule has 0 aliphatic carbocycles. The number of carbonyl (C=O) groups is 1. The summed E-state index contributed by atoms with van der Waals surface area (Å²) in [7, 11) is 1.67. The number of fused-ring (bicyclic) bond motifs is 2. The first-order valence-electron chi connectivity index (χ1n) is 9.88. The number of carbonyl (C=O) groups excluding carboxylic acids is 1. The summed E-state index contributed by atoms with van der Waals surface area (Å²) in [5.41, 5.74) is 1.07. The van der Waals surface area contributed by atoms with Crippen molar-refractivity contribution in [1.29, 1.82) is 0 Å². The average molecular weight is 355 g/mol. The minimum absolute atomic E-state index is 0.103. The average Bonchev–Trinajstić information content (AvgIpc) is 3.08. The summed E-state index contributed by atoms with van der Waals surface area (Å²) in [6.07, 6.45) is 8.46. The van der Waals surface area contributed by atoms with Crippen molar-refractivity contribution in [2.75, 3.05) is 26.7 Å². The molecule has 5 nitrogen and oxygen atoms in total. The Bertz CT molecular complexity index is 768. The normalized spacial score (nSPS) is 23.6. The Morgan fingerprint density at radius 3 is 2.96 bits per heavy atom. The van der Waals surface area contributed by atoms with Crippen molar-refractivity contribution in [3.63, 3.8) is 0 Å². The molecule has 2 saturated heterocycles. The Morgan fingerprint density at radius 1 is 1.19 bits per heavy atom. The van der Waals surface area contributed by atoms with E-state index in [-0.39, 0.29) is 5.91 Å². The van der Waals surface area contributed by atoms with Crippen LogP contribution in [0.4, 0.5) is 0 Å². The number of nitrogens with zero attached hydrogens (tertiary/aromatic N) is 2. The van der Waals surface area contributed by atoms with Gasteiger partial charge in [-0.3, -0.25) is 4.79 Å². The first kappa shape index (κ1) is 17.4. The number of benzene rings is 1. The molecule has 5 heteroatoms. The summed E-state index contributed by atoms with van der Waals surface area (Å²) in [5.74, 6) is 1.55. The van der Waals surface area contributed by atoms with E-state index in [1.807, 2.05) is 35.0 Å². The number of ether oxygens (including phenoxy) is 1. The van der Waals surface area contributed by atoms with Crippen LogP contribution < -0.4 is 10.1 Å². The number of rotatable bonds is 5. The van der Waals surface area contributed by atoms with Crippen LogP contribution >= 0.6 is 0 Å². The van der Waals surface area contributed by atoms with Gasteiger partial charge >= 0.3 is 0 Å². The zero-order chi connectivity index (χ0) is 17.9. The number of hydrogen-bond acceptors (Lipinski definition) is 3. The maximum atomic E-state index is 12.5. The number of hydrogen-bond donors (Lipinski definition) is 1. The third-order valence-electron chi connectivity index (χ3n) is 6.08. The number of aromatic nitrogens is 1. The molecule has 1 amide bonds. The predicted molar refractivity (Wildman–Crippen MR) is 103 cm³/mol. The molecule has 1 aromatic heterocycles. The fourth-order valence-electron chi connectivity index (χ4n) is 4.71. The summed E-state index contributed by atoms with van der Waals surface area (Å²) in [5, 5.41) is 4.30. The van der Waals surface area contributed by atoms with Crippen LogP contribution in [0.25, 0.3) is 10.9 Å². The van der Waals surface area contributed by atoms with Crippen molar-refractivity contribution in [1.82, 2.24) is 14.8 Å². The lowest BCUT2D eigenvalue weighted by molar-refractivity contribution is -0.122. The largest absolute Gasteiger partial charge is 0.497 e. The Kier molecular flexibility index (Phi) is 5.16. The molecule has 2 aliphatic rings. The lowest BCUT2D eigenvalue weighted by Gasteiger charge is -2.44. The van der Waals surface area contributed by atoms with Crippen LogP contribution in [-0.2, 0) is 11.3 Å². The molecule has 0 radical (unpaired) electrons. The molecule has 0 unspecified atom stereocenters. The van der Waals surface area contributed by atoms with E-state index in [1.165, 1.54) is 45.2 Å². The number of nitrogens with one attached hydrogen (secondary N) is 1. The van der Waals surface area contributed by atoms with Crippen molar-refractivity contribution in [2.45, 2.75) is 44.7 Å². The Labute approximate surface area is 155 Å². The van der Waals surface area contributed by atoms with E-state index in [9.17, 15) is 4.79 Å². The van der Waals surface area contributed by atoms with Crippen LogP contribution in [0, 0.1) is 5.92 Å². The highest BCUT2D eigenvalue weighted by Crippen LogP contribution is 2.30. The molecule has 2 aliphatic heterocycles. The first-order chi connectivity index (χ1) is 12.7. The van der Waals surface area contributed by atoms with Crippen LogP contribution in [0.1, 0.15) is 32.1 Å². The maximum Gasteiger partial charge on any atom is 0.239 e. The smallest absolute Gasteiger partial charge is 0.239 e. The van der Waals surface area contributed by atoms with Gasteiger partial charge in [0.05, 0.1) is 7.11 Å². The minimum atomic E-state index is 0.103. The highest BCUT2D eigenvalue weighted by Gasteiger charge is 2.32. The summed E-state index contributed by atoms with van der Waals surface area (Å²) in [4.78, 5) is 15.2. The van der Waals surface area contributed by atoms with E-state index >= 15 is 0 Å². The van der Waals surface area contributed by atoms with Gasteiger partial charge < -0.3 is 19.5 Å². The summed E-state index contributed by atoms with van der Waals surface area (Å²) >= 11 is 0. The zero-order valence-electron chi connectivity index (χ0n) is 15.6. The van der Waals surface area contributed by atoms with Crippen LogP contribution in [-0.4, -0.2) is 48.2 Å². The molecule has 3 heterocycles. The standard InChI is InChI=1S/C21H29N3O2/c1-26-18-7-8-20-16(13-18)9-12-24(20)15-21(25)22-14-17-5-4-11-23-10-3-2-6-19(17)23/h7-9,12-13,17,19H,2-6,10-11,14-15H2,1H3,(H,22,25)/t17-,19+/m0/s1. The monoisotopic (exact) mass is 355 g/mol. The molecule has 0 saturated carbocycles. The van der Waals surface area contributed by atoms with Gasteiger partial charge in [0.1, 0.15) is 12.3 Å². The van der Waals surface area contributed by atoms with Gasteiger partial charge in [-0.15, -0.1) is 0 Å². The second kappa shape index (κ2) is 7.70. The van der Waals surface area contributed by atoms with Crippen LogP contribution in [0.2, 0.25) is 0 Å². The molecule has 0 spiro atoms. The summed E-state index contributed by atoms with van der Waals surface area (Å²) in [6, 6.07) is 8.67. The lowest BCUT2D eigenvalue weighted by Crippen LogP contribution is -2.51. The second-order valence-corrected chi connectivity index (χ2v) is 7.67. The molecule has 2 aromatic rings.